The van der Waals surface area contributed by atoms with Crippen molar-refractivity contribution in [3.63, 3.8) is 0 Å². The number of likely N-dealkylation sites (N-methyl/N-ethyl adjacent to an activating group) is 1. The van der Waals surface area contributed by atoms with Crippen LogP contribution in [0.5, 0.6) is 0 Å². The topological polar surface area (TPSA) is 30.5 Å². The van der Waals surface area contributed by atoms with Crippen molar-refractivity contribution in [3.8, 4) is 0 Å². The van der Waals surface area contributed by atoms with Crippen molar-refractivity contribution >= 4 is 0 Å². The number of hydrogen-bond acceptors (Lipinski definition) is 3. The first-order valence-electron chi connectivity index (χ1n) is 5.90. The molecule has 0 rings (SSSR count). The monoisotopic (exact) mass is 217 g/mol. The molecular formula is C12H27NO2. The van der Waals surface area contributed by atoms with Gasteiger partial charge >= 0.3 is 0 Å². The van der Waals surface area contributed by atoms with E-state index in [0.29, 0.717) is 6.61 Å². The number of rotatable bonds is 8. The highest BCUT2D eigenvalue weighted by atomic mass is 16.5. The van der Waals surface area contributed by atoms with E-state index < -0.39 is 0 Å². The van der Waals surface area contributed by atoms with Crippen molar-refractivity contribution in [1.29, 1.82) is 0 Å². The zero-order chi connectivity index (χ0) is 11.9. The van der Waals surface area contributed by atoms with Crippen LogP contribution >= 0.6 is 0 Å². The van der Waals surface area contributed by atoms with E-state index in [9.17, 15) is 0 Å². The largest absolute Gasteiger partial charge is 0.377 e. The molecule has 0 spiro atoms. The lowest BCUT2D eigenvalue weighted by Crippen LogP contribution is -2.52. The van der Waals surface area contributed by atoms with E-state index in [1.165, 1.54) is 0 Å². The maximum absolute atomic E-state index is 5.66. The van der Waals surface area contributed by atoms with Crippen molar-refractivity contribution in [1.82, 2.24) is 5.32 Å². The maximum atomic E-state index is 5.66. The zero-order valence-electron chi connectivity index (χ0n) is 11.1. The summed E-state index contributed by atoms with van der Waals surface area (Å²) < 4.78 is 11.3. The van der Waals surface area contributed by atoms with Crippen LogP contribution in [0.25, 0.3) is 0 Å². The Balaban J connectivity index is 4.34. The van der Waals surface area contributed by atoms with Crippen LogP contribution in [0.4, 0.5) is 0 Å². The van der Waals surface area contributed by atoms with E-state index in [2.05, 4.69) is 39.9 Å². The summed E-state index contributed by atoms with van der Waals surface area (Å²) in [4.78, 5) is 0. The molecule has 0 saturated carbocycles. The molecule has 15 heavy (non-hydrogen) atoms. The molecule has 0 aliphatic carbocycles. The maximum Gasteiger partial charge on any atom is 0.0822 e. The molecule has 0 aromatic rings. The molecular weight excluding hydrogens is 190 g/mol. The van der Waals surface area contributed by atoms with Gasteiger partial charge in [-0.1, -0.05) is 13.8 Å². The van der Waals surface area contributed by atoms with Gasteiger partial charge in [0.2, 0.25) is 0 Å². The quantitative estimate of drug-likeness (QED) is 0.676. The molecule has 1 N–H and O–H groups in total. The molecule has 3 heteroatoms. The van der Waals surface area contributed by atoms with Crippen molar-refractivity contribution in [2.24, 2.45) is 0 Å². The number of ether oxygens (including phenoxy) is 2. The summed E-state index contributed by atoms with van der Waals surface area (Å²) in [5.74, 6) is 0. The molecule has 3 nitrogen and oxygen atoms in total. The molecule has 0 aromatic heterocycles. The molecule has 2 unspecified atom stereocenters. The SMILES string of the molecule is CCNC(COC(C)C)C(C)(CC)OC. The van der Waals surface area contributed by atoms with E-state index in [4.69, 9.17) is 9.47 Å². The second kappa shape index (κ2) is 7.20. The molecule has 0 aliphatic heterocycles. The Kier molecular flexibility index (Phi) is 7.14. The Hall–Kier alpha value is -0.120. The molecule has 0 radical (unpaired) electrons. The fourth-order valence-corrected chi connectivity index (χ4v) is 1.52. The highest BCUT2D eigenvalue weighted by molar-refractivity contribution is 4.88. The molecule has 0 fully saturated rings. The lowest BCUT2D eigenvalue weighted by molar-refractivity contribution is -0.0615. The minimum absolute atomic E-state index is 0.148. The van der Waals surface area contributed by atoms with Crippen LogP contribution in [0.15, 0.2) is 0 Å². The summed E-state index contributed by atoms with van der Waals surface area (Å²) in [5.41, 5.74) is -0.148. The van der Waals surface area contributed by atoms with Gasteiger partial charge in [-0.15, -0.1) is 0 Å². The van der Waals surface area contributed by atoms with Gasteiger partial charge in [-0.3, -0.25) is 0 Å². The van der Waals surface area contributed by atoms with E-state index in [1.807, 2.05) is 0 Å². The summed E-state index contributed by atoms with van der Waals surface area (Å²) in [6.45, 7) is 12.1. The first-order valence-corrected chi connectivity index (χ1v) is 5.90. The first-order chi connectivity index (χ1) is 7.00. The third-order valence-electron chi connectivity index (χ3n) is 2.95. The third-order valence-corrected chi connectivity index (χ3v) is 2.95. The smallest absolute Gasteiger partial charge is 0.0822 e. The van der Waals surface area contributed by atoms with Crippen molar-refractivity contribution in [2.75, 3.05) is 20.3 Å². The van der Waals surface area contributed by atoms with Crippen molar-refractivity contribution in [3.05, 3.63) is 0 Å². The average molecular weight is 217 g/mol. The Labute approximate surface area is 94.5 Å². The molecule has 0 saturated heterocycles. The van der Waals surface area contributed by atoms with Crippen LogP contribution in [0.1, 0.15) is 41.0 Å². The summed E-state index contributed by atoms with van der Waals surface area (Å²) in [6.07, 6.45) is 1.24. The van der Waals surface area contributed by atoms with E-state index in [0.717, 1.165) is 13.0 Å². The van der Waals surface area contributed by atoms with Gasteiger partial charge in [0.1, 0.15) is 0 Å². The molecule has 92 valence electrons. The highest BCUT2D eigenvalue weighted by Crippen LogP contribution is 2.19. The van der Waals surface area contributed by atoms with Crippen LogP contribution in [0, 0.1) is 0 Å². The zero-order valence-corrected chi connectivity index (χ0v) is 11.1. The predicted molar refractivity (Wildman–Crippen MR) is 64.3 cm³/mol. The van der Waals surface area contributed by atoms with Gasteiger partial charge in [-0.25, -0.2) is 0 Å². The average Bonchev–Trinajstić information content (AvgIpc) is 2.22. The summed E-state index contributed by atoms with van der Waals surface area (Å²) in [5, 5.41) is 3.43. The fraction of sp³-hybridized carbons (Fsp3) is 1.00. The number of hydrogen-bond donors (Lipinski definition) is 1. The van der Waals surface area contributed by atoms with Gasteiger partial charge in [-0.05, 0) is 33.7 Å². The van der Waals surface area contributed by atoms with Crippen LogP contribution in [0.3, 0.4) is 0 Å². The molecule has 2 atom stereocenters. The second-order valence-electron chi connectivity index (χ2n) is 4.36. The van der Waals surface area contributed by atoms with E-state index >= 15 is 0 Å². The lowest BCUT2D eigenvalue weighted by Gasteiger charge is -2.36. The normalized spacial score (nSPS) is 17.8. The van der Waals surface area contributed by atoms with Gasteiger partial charge in [0.25, 0.3) is 0 Å². The van der Waals surface area contributed by atoms with Gasteiger partial charge < -0.3 is 14.8 Å². The number of nitrogens with one attached hydrogen (secondary N) is 1. The molecule has 0 heterocycles. The molecule has 0 aliphatic rings. The molecule has 0 bridgehead atoms. The third kappa shape index (κ3) is 4.96. The number of methoxy groups -OCH3 is 1. The summed E-state index contributed by atoms with van der Waals surface area (Å²) in [6, 6.07) is 0.250. The van der Waals surface area contributed by atoms with Gasteiger partial charge in [0.05, 0.1) is 24.4 Å². The molecule has 0 amide bonds. The van der Waals surface area contributed by atoms with Crippen LogP contribution < -0.4 is 5.32 Å². The van der Waals surface area contributed by atoms with Crippen LogP contribution in [0.2, 0.25) is 0 Å². The summed E-state index contributed by atoms with van der Waals surface area (Å²) in [7, 11) is 1.77. The van der Waals surface area contributed by atoms with Gasteiger partial charge in [0, 0.05) is 7.11 Å². The second-order valence-corrected chi connectivity index (χ2v) is 4.36. The standard InChI is InChI=1S/C12H27NO2/c1-7-12(5,14-6)11(13-8-2)9-15-10(3)4/h10-11,13H,7-9H2,1-6H3. The van der Waals surface area contributed by atoms with E-state index in [1.54, 1.807) is 7.11 Å². The summed E-state index contributed by atoms with van der Waals surface area (Å²) >= 11 is 0. The van der Waals surface area contributed by atoms with Gasteiger partial charge in [-0.2, -0.15) is 0 Å². The Morgan fingerprint density at radius 1 is 1.27 bits per heavy atom. The lowest BCUT2D eigenvalue weighted by atomic mass is 9.93. The molecule has 0 aromatic carbocycles. The van der Waals surface area contributed by atoms with Gasteiger partial charge in [0.15, 0.2) is 0 Å². The Morgan fingerprint density at radius 3 is 2.20 bits per heavy atom. The van der Waals surface area contributed by atoms with Crippen LogP contribution in [-0.2, 0) is 9.47 Å². The van der Waals surface area contributed by atoms with E-state index in [-0.39, 0.29) is 17.7 Å². The predicted octanol–water partition coefficient (Wildman–Crippen LogP) is 2.20. The van der Waals surface area contributed by atoms with Crippen LogP contribution in [-0.4, -0.2) is 38.0 Å². The minimum atomic E-state index is -0.148. The fourth-order valence-electron chi connectivity index (χ4n) is 1.52. The van der Waals surface area contributed by atoms with Crippen molar-refractivity contribution < 1.29 is 9.47 Å². The first kappa shape index (κ1) is 14.9. The Bertz CT molecular complexity index is 156. The minimum Gasteiger partial charge on any atom is -0.377 e. The highest BCUT2D eigenvalue weighted by Gasteiger charge is 2.32. The van der Waals surface area contributed by atoms with Crippen molar-refractivity contribution in [2.45, 2.75) is 58.8 Å². The Morgan fingerprint density at radius 2 is 1.87 bits per heavy atom.